The zero-order valence-electron chi connectivity index (χ0n) is 9.60. The van der Waals surface area contributed by atoms with Crippen molar-refractivity contribution in [3.8, 4) is 0 Å². The maximum atomic E-state index is 8.33. The van der Waals surface area contributed by atoms with Crippen molar-refractivity contribution in [1.82, 2.24) is 0 Å². The summed E-state index contributed by atoms with van der Waals surface area (Å²) in [6.45, 7) is 0. The Balaban J connectivity index is 0.000000542. The average molecular weight is 551 g/mol. The minimum absolute atomic E-state index is 0. The molecule has 3 nitrogen and oxygen atoms in total. The van der Waals surface area contributed by atoms with Crippen LogP contribution in [-0.4, -0.2) is 6.16 Å². The van der Waals surface area contributed by atoms with Gasteiger partial charge in [0.05, 0.1) is 0 Å². The summed E-state index contributed by atoms with van der Waals surface area (Å²) in [6.07, 6.45) is -2.33. The molecule has 0 N–H and O–H groups in total. The largest absolute Gasteiger partial charge is 1.00 e. The molecule has 0 aromatic heterocycles. The van der Waals surface area contributed by atoms with Gasteiger partial charge in [-0.2, -0.15) is 0 Å². The Kier molecular flexibility index (Phi) is 12.3. The molecule has 4 saturated heterocycles. The molecule has 0 aromatic rings. The molecule has 104 valence electrons. The van der Waals surface area contributed by atoms with Gasteiger partial charge in [0.2, 0.25) is 0 Å². The molecule has 0 spiro atoms. The third kappa shape index (κ3) is 7.18. The Morgan fingerprint density at radius 2 is 0.750 bits per heavy atom. The predicted molar refractivity (Wildman–Crippen MR) is 108 cm³/mol. The first-order chi connectivity index (χ1) is 7.97. The van der Waals surface area contributed by atoms with Crippen molar-refractivity contribution < 1.29 is 74.1 Å². The van der Waals surface area contributed by atoms with Crippen molar-refractivity contribution in [2.24, 2.45) is 0 Å². The Morgan fingerprint density at radius 3 is 0.850 bits per heavy atom. The summed E-state index contributed by atoms with van der Waals surface area (Å²) < 4.78 is -5.64. The monoisotopic (exact) mass is 550 g/mol. The SMILES string of the molecule is O=C([O-])[O-].S=P12SP3(=S)SP(=S)(S1)SP(=S)(S2)S3.[Na+].[Na+]. The van der Waals surface area contributed by atoms with E-state index < -0.39 is 20.7 Å². The van der Waals surface area contributed by atoms with Crippen LogP contribution >= 0.6 is 80.6 Å². The zero-order valence-corrected chi connectivity index (χ0v) is 25.3. The molecule has 4 aliphatic heterocycles. The Morgan fingerprint density at radius 1 is 0.650 bits per heavy atom. The molecule has 0 aromatic carbocycles. The van der Waals surface area contributed by atoms with Crippen LogP contribution in [0.1, 0.15) is 0 Å². The van der Waals surface area contributed by atoms with Gasteiger partial charge in [0.25, 0.3) is 0 Å². The van der Waals surface area contributed by atoms with E-state index in [2.05, 4.69) is 0 Å². The van der Waals surface area contributed by atoms with Gasteiger partial charge in [-0.05, 0) is 72.2 Å². The van der Waals surface area contributed by atoms with Crippen molar-refractivity contribution >= 4 is 134 Å². The Hall–Kier alpha value is 5.97. The molecule has 20 heavy (non-hydrogen) atoms. The van der Waals surface area contributed by atoms with E-state index in [0.29, 0.717) is 0 Å². The van der Waals surface area contributed by atoms with Gasteiger partial charge in [-0.25, -0.2) is 0 Å². The standard InChI is InChI=1S/CH2O3.2Na.P4S10/c2-1(3)4;;;5-1-9-2(6)12-3(7,10-1)14-4(8,11-1)13-2/h(H2,2,3,4);;;/q;2*+1;/p-2. The number of hydrogen-bond acceptors (Lipinski definition) is 13. The minimum atomic E-state index is -2.33. The van der Waals surface area contributed by atoms with Crippen LogP contribution in [0.3, 0.4) is 0 Å². The number of rotatable bonds is 0. The zero-order chi connectivity index (χ0) is 13.8. The van der Waals surface area contributed by atoms with E-state index in [1.54, 1.807) is 0 Å². The van der Waals surface area contributed by atoms with Gasteiger partial charge < -0.3 is 15.0 Å². The van der Waals surface area contributed by atoms with E-state index in [-0.39, 0.29) is 59.1 Å². The number of carbonyl (C=O) groups is 1. The molecule has 4 aliphatic rings. The fourth-order valence-electron chi connectivity index (χ4n) is 0.914. The maximum Gasteiger partial charge on any atom is 1.00 e. The number of carbonyl (C=O) groups excluding carboxylic acids is 1. The summed E-state index contributed by atoms with van der Waals surface area (Å²) in [5.74, 6) is 0. The van der Waals surface area contributed by atoms with Crippen LogP contribution in [0.25, 0.3) is 0 Å². The number of hydrogen-bond donors (Lipinski definition) is 0. The second-order valence-electron chi connectivity index (χ2n) is 2.53. The van der Waals surface area contributed by atoms with Gasteiger partial charge in [-0.3, -0.25) is 0 Å². The second kappa shape index (κ2) is 9.45. The Labute approximate surface area is 204 Å². The van der Waals surface area contributed by atoms with Crippen LogP contribution < -0.4 is 69.3 Å². The molecule has 4 heterocycles. The molecular formula is CNa2O3P4S10. The molecule has 4 rings (SSSR count). The van der Waals surface area contributed by atoms with E-state index in [0.717, 1.165) is 0 Å². The van der Waals surface area contributed by atoms with Crippen LogP contribution in [0.5, 0.6) is 0 Å². The van der Waals surface area contributed by atoms with E-state index in [9.17, 15) is 0 Å². The molecule has 4 fully saturated rings. The fraction of sp³-hybridized carbons (Fsp3) is 0. The van der Waals surface area contributed by atoms with Crippen LogP contribution in [-0.2, 0) is 47.2 Å². The van der Waals surface area contributed by atoms with Crippen molar-refractivity contribution in [3.05, 3.63) is 0 Å². The maximum absolute atomic E-state index is 8.33. The Bertz CT molecular complexity index is 447. The van der Waals surface area contributed by atoms with Crippen LogP contribution in [0.15, 0.2) is 0 Å². The molecule has 0 atom stereocenters. The molecule has 4 bridgehead atoms. The third-order valence-electron chi connectivity index (χ3n) is 1.20. The van der Waals surface area contributed by atoms with E-state index in [1.807, 2.05) is 66.0 Å². The van der Waals surface area contributed by atoms with Gasteiger partial charge in [-0.1, -0.05) is 47.2 Å². The normalized spacial score (nSPS) is 47.2. The first kappa shape index (κ1) is 26.0. The van der Waals surface area contributed by atoms with E-state index in [4.69, 9.17) is 62.2 Å². The minimum Gasteiger partial charge on any atom is -0.652 e. The molecule has 0 amide bonds. The van der Waals surface area contributed by atoms with E-state index >= 15 is 0 Å². The van der Waals surface area contributed by atoms with E-state index in [1.165, 1.54) is 0 Å². The fourth-order valence-corrected chi connectivity index (χ4v) is 222. The molecule has 19 heteroatoms. The van der Waals surface area contributed by atoms with Gasteiger partial charge in [-0.15, -0.1) is 0 Å². The summed E-state index contributed by atoms with van der Waals surface area (Å²) in [7, 11) is 0. The summed E-state index contributed by atoms with van der Waals surface area (Å²) in [4.78, 5) is 8.33. The van der Waals surface area contributed by atoms with Crippen LogP contribution in [0, 0.1) is 0 Å². The van der Waals surface area contributed by atoms with Crippen molar-refractivity contribution in [1.29, 1.82) is 0 Å². The molecule has 0 radical (unpaired) electrons. The summed E-state index contributed by atoms with van der Waals surface area (Å²) in [6, 6.07) is 0. The smallest absolute Gasteiger partial charge is 0.652 e. The van der Waals surface area contributed by atoms with Gasteiger partial charge in [0, 0.05) is 0 Å². The van der Waals surface area contributed by atoms with Crippen molar-refractivity contribution in [2.75, 3.05) is 0 Å². The molecular weight excluding hydrogens is 551 g/mol. The second-order valence-corrected chi connectivity index (χ2v) is 61.8. The summed E-state index contributed by atoms with van der Waals surface area (Å²) >= 11 is 34.5. The van der Waals surface area contributed by atoms with Crippen LogP contribution in [0.4, 0.5) is 4.79 Å². The first-order valence-corrected chi connectivity index (χ1v) is 26.9. The van der Waals surface area contributed by atoms with Crippen LogP contribution in [0.2, 0.25) is 0 Å². The van der Waals surface area contributed by atoms with Gasteiger partial charge >= 0.3 is 59.1 Å². The summed E-state index contributed by atoms with van der Waals surface area (Å²) in [5.41, 5.74) is 0. The quantitative estimate of drug-likeness (QED) is 0.271. The third-order valence-corrected chi connectivity index (χ3v) is 97.2. The molecule has 0 aliphatic carbocycles. The number of carboxylic acid groups (broad SMARTS) is 2. The van der Waals surface area contributed by atoms with Gasteiger partial charge in [0.1, 0.15) is 14.6 Å². The van der Waals surface area contributed by atoms with Gasteiger partial charge in [0.15, 0.2) is 0 Å². The summed E-state index contributed by atoms with van der Waals surface area (Å²) in [5, 5.41) is 16.7. The molecule has 0 saturated carbocycles. The average Bonchev–Trinajstić information content (AvgIpc) is 1.86. The first-order valence-electron chi connectivity index (χ1n) is 3.53. The predicted octanol–water partition coefficient (Wildman–Crippen LogP) is -1.11. The topological polar surface area (TPSA) is 63.2 Å². The molecule has 0 unspecified atom stereocenters. The van der Waals surface area contributed by atoms with Crippen molar-refractivity contribution in [2.45, 2.75) is 0 Å². The van der Waals surface area contributed by atoms with Crippen molar-refractivity contribution in [3.63, 3.8) is 0 Å².